The van der Waals surface area contributed by atoms with E-state index in [-0.39, 0.29) is 12.0 Å². The number of nitrogens with zero attached hydrogens (tertiary/aromatic N) is 2. The molecule has 3 heterocycles. The van der Waals surface area contributed by atoms with Gasteiger partial charge in [-0.1, -0.05) is 36.4 Å². The third-order valence-electron chi connectivity index (χ3n) is 3.93. The number of hydrogen-bond acceptors (Lipinski definition) is 5. The molecule has 3 aromatic rings. The van der Waals surface area contributed by atoms with Crippen molar-refractivity contribution in [3.05, 3.63) is 70.1 Å². The monoisotopic (exact) mass is 312 g/mol. The maximum Gasteiger partial charge on any atom is 0.222 e. The third kappa shape index (κ3) is 2.69. The Labute approximate surface area is 132 Å². The zero-order chi connectivity index (χ0) is 14.8. The average molecular weight is 312 g/mol. The van der Waals surface area contributed by atoms with Gasteiger partial charge in [0.25, 0.3) is 0 Å². The van der Waals surface area contributed by atoms with Gasteiger partial charge in [-0.25, -0.2) is 0 Å². The first-order valence-corrected chi connectivity index (χ1v) is 8.29. The van der Waals surface area contributed by atoms with Crippen LogP contribution in [0, 0.1) is 0 Å². The highest BCUT2D eigenvalue weighted by Gasteiger charge is 2.34. The van der Waals surface area contributed by atoms with Crippen LogP contribution < -0.4 is 0 Å². The Morgan fingerprint density at radius 1 is 1.09 bits per heavy atom. The van der Waals surface area contributed by atoms with Crippen molar-refractivity contribution in [2.24, 2.45) is 0 Å². The number of thiophene rings is 1. The summed E-state index contributed by atoms with van der Waals surface area (Å²) < 4.78 is 11.8. The van der Waals surface area contributed by atoms with E-state index >= 15 is 0 Å². The van der Waals surface area contributed by atoms with Crippen LogP contribution in [0.5, 0.6) is 0 Å². The topological polar surface area (TPSA) is 48.2 Å². The van der Waals surface area contributed by atoms with Gasteiger partial charge in [0.15, 0.2) is 0 Å². The molecule has 0 aliphatic carbocycles. The molecule has 22 heavy (non-hydrogen) atoms. The zero-order valence-corrected chi connectivity index (χ0v) is 12.8. The van der Waals surface area contributed by atoms with Crippen LogP contribution in [0.15, 0.2) is 52.3 Å². The zero-order valence-electron chi connectivity index (χ0n) is 12.0. The molecule has 2 atom stereocenters. The summed E-state index contributed by atoms with van der Waals surface area (Å²) in [5.74, 6) is 1.51. The second-order valence-electron chi connectivity index (χ2n) is 5.39. The Kier molecular flexibility index (Phi) is 3.74. The van der Waals surface area contributed by atoms with Crippen molar-refractivity contribution in [3.63, 3.8) is 0 Å². The minimum absolute atomic E-state index is 0.0104. The SMILES string of the molecule is c1ccc([C@H]2OCC[C@@H]2c2nnc(Cc3cccs3)o2)cc1. The molecule has 1 aromatic carbocycles. The van der Waals surface area contributed by atoms with Crippen molar-refractivity contribution >= 4 is 11.3 Å². The number of ether oxygens (including phenoxy) is 1. The largest absolute Gasteiger partial charge is 0.424 e. The average Bonchev–Trinajstić information content (AvgIpc) is 3.29. The van der Waals surface area contributed by atoms with Crippen LogP contribution in [-0.2, 0) is 11.2 Å². The summed E-state index contributed by atoms with van der Waals surface area (Å²) in [4.78, 5) is 1.23. The second-order valence-corrected chi connectivity index (χ2v) is 6.42. The smallest absolute Gasteiger partial charge is 0.222 e. The van der Waals surface area contributed by atoms with E-state index in [1.807, 2.05) is 24.3 Å². The molecule has 2 aromatic heterocycles. The molecule has 1 saturated heterocycles. The summed E-state index contributed by atoms with van der Waals surface area (Å²) in [5, 5.41) is 10.5. The summed E-state index contributed by atoms with van der Waals surface area (Å²) in [5.41, 5.74) is 1.17. The first kappa shape index (κ1) is 13.7. The first-order valence-electron chi connectivity index (χ1n) is 7.41. The lowest BCUT2D eigenvalue weighted by atomic mass is 9.95. The Morgan fingerprint density at radius 2 is 2.00 bits per heavy atom. The predicted octanol–water partition coefficient (Wildman–Crippen LogP) is 3.97. The van der Waals surface area contributed by atoms with Crippen LogP contribution in [-0.4, -0.2) is 16.8 Å². The molecule has 0 bridgehead atoms. The molecular formula is C17H16N2O2S. The quantitative estimate of drug-likeness (QED) is 0.731. The number of hydrogen-bond donors (Lipinski definition) is 0. The summed E-state index contributed by atoms with van der Waals surface area (Å²) >= 11 is 1.70. The van der Waals surface area contributed by atoms with Crippen LogP contribution in [0.25, 0.3) is 0 Å². The van der Waals surface area contributed by atoms with Crippen molar-refractivity contribution < 1.29 is 9.15 Å². The van der Waals surface area contributed by atoms with E-state index in [9.17, 15) is 0 Å². The van der Waals surface area contributed by atoms with Gasteiger partial charge in [-0.2, -0.15) is 0 Å². The molecule has 0 saturated carbocycles. The highest BCUT2D eigenvalue weighted by Crippen LogP contribution is 2.41. The van der Waals surface area contributed by atoms with E-state index in [1.165, 1.54) is 10.4 Å². The van der Waals surface area contributed by atoms with Gasteiger partial charge < -0.3 is 9.15 Å². The highest BCUT2D eigenvalue weighted by atomic mass is 32.1. The molecule has 0 radical (unpaired) electrons. The molecule has 1 aliphatic rings. The van der Waals surface area contributed by atoms with Gasteiger partial charge in [0.1, 0.15) is 0 Å². The molecule has 1 fully saturated rings. The standard InChI is InChI=1S/C17H16N2O2S/c1-2-5-12(6-3-1)16-14(8-9-20-16)17-19-18-15(21-17)11-13-7-4-10-22-13/h1-7,10,14,16H,8-9,11H2/t14-,16+/m0/s1. The summed E-state index contributed by atoms with van der Waals surface area (Å²) in [7, 11) is 0. The fraction of sp³-hybridized carbons (Fsp3) is 0.294. The Balaban J connectivity index is 1.55. The van der Waals surface area contributed by atoms with E-state index in [1.54, 1.807) is 11.3 Å². The van der Waals surface area contributed by atoms with Gasteiger partial charge in [0.05, 0.1) is 18.4 Å². The van der Waals surface area contributed by atoms with Crippen LogP contribution in [0.4, 0.5) is 0 Å². The minimum Gasteiger partial charge on any atom is -0.424 e. The van der Waals surface area contributed by atoms with E-state index in [0.29, 0.717) is 18.2 Å². The summed E-state index contributed by atoms with van der Waals surface area (Å²) in [6.07, 6.45) is 1.63. The molecule has 0 amide bonds. The predicted molar refractivity (Wildman–Crippen MR) is 83.9 cm³/mol. The molecular weight excluding hydrogens is 296 g/mol. The van der Waals surface area contributed by atoms with E-state index in [4.69, 9.17) is 9.15 Å². The molecule has 4 rings (SSSR count). The first-order chi connectivity index (χ1) is 10.9. The van der Waals surface area contributed by atoms with Crippen LogP contribution >= 0.6 is 11.3 Å². The number of aromatic nitrogens is 2. The molecule has 5 heteroatoms. The normalized spacial score (nSPS) is 21.3. The lowest BCUT2D eigenvalue weighted by molar-refractivity contribution is 0.0997. The Bertz CT molecular complexity index is 724. The van der Waals surface area contributed by atoms with Gasteiger partial charge in [-0.05, 0) is 23.4 Å². The lowest BCUT2D eigenvalue weighted by Gasteiger charge is -2.15. The molecule has 4 nitrogen and oxygen atoms in total. The van der Waals surface area contributed by atoms with Crippen LogP contribution in [0.2, 0.25) is 0 Å². The van der Waals surface area contributed by atoms with Gasteiger partial charge in [-0.15, -0.1) is 21.5 Å². The fourth-order valence-corrected chi connectivity index (χ4v) is 3.56. The maximum absolute atomic E-state index is 5.90. The summed E-state index contributed by atoms with van der Waals surface area (Å²) in [6, 6.07) is 14.4. The fourth-order valence-electron chi connectivity index (χ4n) is 2.86. The highest BCUT2D eigenvalue weighted by molar-refractivity contribution is 7.09. The number of rotatable bonds is 4. The molecule has 0 N–H and O–H groups in total. The van der Waals surface area contributed by atoms with Crippen LogP contribution in [0.3, 0.4) is 0 Å². The van der Waals surface area contributed by atoms with Gasteiger partial charge >= 0.3 is 0 Å². The summed E-state index contributed by atoms with van der Waals surface area (Å²) in [6.45, 7) is 0.729. The van der Waals surface area contributed by atoms with Crippen molar-refractivity contribution in [2.75, 3.05) is 6.61 Å². The van der Waals surface area contributed by atoms with Gasteiger partial charge in [-0.3, -0.25) is 0 Å². The third-order valence-corrected chi connectivity index (χ3v) is 4.80. The van der Waals surface area contributed by atoms with E-state index in [0.717, 1.165) is 13.0 Å². The molecule has 0 unspecified atom stereocenters. The van der Waals surface area contributed by atoms with Crippen molar-refractivity contribution in [2.45, 2.75) is 24.9 Å². The molecule has 1 aliphatic heterocycles. The molecule has 112 valence electrons. The van der Waals surface area contributed by atoms with Gasteiger partial charge in [0.2, 0.25) is 11.8 Å². The van der Waals surface area contributed by atoms with E-state index < -0.39 is 0 Å². The van der Waals surface area contributed by atoms with E-state index in [2.05, 4.69) is 33.8 Å². The second kappa shape index (κ2) is 6.02. The van der Waals surface area contributed by atoms with Crippen LogP contribution in [0.1, 0.15) is 40.7 Å². The van der Waals surface area contributed by atoms with Crippen molar-refractivity contribution in [3.8, 4) is 0 Å². The maximum atomic E-state index is 5.90. The van der Waals surface area contributed by atoms with Gasteiger partial charge in [0, 0.05) is 11.5 Å². The van der Waals surface area contributed by atoms with Crippen molar-refractivity contribution in [1.82, 2.24) is 10.2 Å². The lowest BCUT2D eigenvalue weighted by Crippen LogP contribution is -2.06. The Hall–Kier alpha value is -1.98. The Morgan fingerprint density at radius 3 is 2.82 bits per heavy atom. The minimum atomic E-state index is 0.0104. The van der Waals surface area contributed by atoms with Crippen molar-refractivity contribution in [1.29, 1.82) is 0 Å². The number of benzene rings is 1. The molecule has 0 spiro atoms.